The number of benzene rings is 1. The largest absolute Gasteiger partial charge is 0.356 e. The fourth-order valence-electron chi connectivity index (χ4n) is 2.98. The predicted molar refractivity (Wildman–Crippen MR) is 115 cm³/mol. The van der Waals surface area contributed by atoms with Gasteiger partial charge in [0.15, 0.2) is 11.0 Å². The van der Waals surface area contributed by atoms with E-state index >= 15 is 0 Å². The number of nitrogens with zero attached hydrogens (tertiary/aromatic N) is 4. The van der Waals surface area contributed by atoms with Crippen LogP contribution in [0.3, 0.4) is 0 Å². The van der Waals surface area contributed by atoms with Crippen LogP contribution in [0.15, 0.2) is 46.5 Å². The predicted octanol–water partition coefficient (Wildman–Crippen LogP) is 4.13. The summed E-state index contributed by atoms with van der Waals surface area (Å²) in [5, 5.41) is 11.1. The molecule has 1 saturated heterocycles. The van der Waals surface area contributed by atoms with Crippen LogP contribution in [0.1, 0.15) is 31.0 Å². The number of H-pyrrole nitrogens is 1. The number of Topliss-reactive ketones (excluding diaryl/α,β-unsaturated/α-hetero) is 1. The summed E-state index contributed by atoms with van der Waals surface area (Å²) < 4.78 is 0. The Bertz CT molecular complexity index is 997. The molecule has 1 fully saturated rings. The van der Waals surface area contributed by atoms with Gasteiger partial charge in [-0.15, -0.1) is 0 Å². The minimum absolute atomic E-state index is 0.250. The average molecular weight is 409 g/mol. The molecule has 0 atom stereocenters. The zero-order chi connectivity index (χ0) is 20.2. The molecular weight excluding hydrogens is 384 g/mol. The first-order valence-electron chi connectivity index (χ1n) is 9.80. The van der Waals surface area contributed by atoms with Crippen LogP contribution in [0, 0.1) is 6.92 Å². The van der Waals surface area contributed by atoms with Crippen LogP contribution >= 0.6 is 11.8 Å². The monoisotopic (exact) mass is 408 g/mol. The maximum absolute atomic E-state index is 11.6. The van der Waals surface area contributed by atoms with E-state index < -0.39 is 0 Å². The Morgan fingerprint density at radius 3 is 2.59 bits per heavy atom. The standard InChI is InChI=1S/C21H24N6OS/c1-3-16(28)12-15-5-7-17(8-6-15)29-21-23-18(22-19-11-14(2)25-26-19)13-20(24-21)27-9-4-10-27/h5-8,11,13H,3-4,9-10,12H2,1-2H3,(H2,22,23,24,25,26). The lowest BCUT2D eigenvalue weighted by Gasteiger charge is -2.32. The van der Waals surface area contributed by atoms with Crippen molar-refractivity contribution in [2.24, 2.45) is 0 Å². The third-order valence-corrected chi connectivity index (χ3v) is 5.64. The number of rotatable bonds is 8. The Balaban J connectivity index is 1.53. The summed E-state index contributed by atoms with van der Waals surface area (Å²) in [5.74, 6) is 2.63. The molecule has 3 heterocycles. The van der Waals surface area contributed by atoms with E-state index in [0.29, 0.717) is 18.0 Å². The van der Waals surface area contributed by atoms with Gasteiger partial charge in [-0.3, -0.25) is 9.89 Å². The number of carbonyl (C=O) groups is 1. The van der Waals surface area contributed by atoms with Crippen LogP contribution < -0.4 is 10.2 Å². The molecule has 0 bridgehead atoms. The van der Waals surface area contributed by atoms with Crippen molar-refractivity contribution in [1.82, 2.24) is 20.2 Å². The van der Waals surface area contributed by atoms with Gasteiger partial charge in [-0.1, -0.05) is 19.1 Å². The van der Waals surface area contributed by atoms with Crippen LogP contribution in [0.2, 0.25) is 0 Å². The molecule has 1 aliphatic rings. The SMILES string of the molecule is CCC(=O)Cc1ccc(Sc2nc(Nc3cc(C)[nH]n3)cc(N3CCC3)n2)cc1. The summed E-state index contributed by atoms with van der Waals surface area (Å²) in [7, 11) is 0. The molecule has 0 radical (unpaired) electrons. The lowest BCUT2D eigenvalue weighted by molar-refractivity contribution is -0.118. The summed E-state index contributed by atoms with van der Waals surface area (Å²) >= 11 is 1.51. The van der Waals surface area contributed by atoms with Crippen LogP contribution in [0.5, 0.6) is 0 Å². The van der Waals surface area contributed by atoms with Crippen LogP contribution in [0.4, 0.5) is 17.5 Å². The van der Waals surface area contributed by atoms with Gasteiger partial charge in [-0.25, -0.2) is 9.97 Å². The van der Waals surface area contributed by atoms with Gasteiger partial charge in [-0.2, -0.15) is 5.10 Å². The molecule has 2 aromatic heterocycles. The van der Waals surface area contributed by atoms with Crippen molar-refractivity contribution in [2.45, 2.75) is 43.2 Å². The van der Waals surface area contributed by atoms with Gasteiger partial charge in [0.25, 0.3) is 0 Å². The van der Waals surface area contributed by atoms with E-state index in [4.69, 9.17) is 4.98 Å². The Morgan fingerprint density at radius 1 is 1.17 bits per heavy atom. The highest BCUT2D eigenvalue weighted by Gasteiger charge is 2.18. The van der Waals surface area contributed by atoms with E-state index in [1.807, 2.05) is 50.2 Å². The molecule has 4 rings (SSSR count). The van der Waals surface area contributed by atoms with E-state index in [1.54, 1.807) is 0 Å². The second-order valence-corrected chi connectivity index (χ2v) is 8.15. The number of ketones is 1. The summed E-state index contributed by atoms with van der Waals surface area (Å²) in [4.78, 5) is 24.3. The number of aromatic nitrogens is 4. The molecule has 150 valence electrons. The third kappa shape index (κ3) is 4.95. The number of nitrogens with one attached hydrogen (secondary N) is 2. The highest BCUT2D eigenvalue weighted by Crippen LogP contribution is 2.30. The topological polar surface area (TPSA) is 86.8 Å². The van der Waals surface area contributed by atoms with E-state index in [0.717, 1.165) is 46.7 Å². The van der Waals surface area contributed by atoms with Crippen molar-refractivity contribution in [3.63, 3.8) is 0 Å². The van der Waals surface area contributed by atoms with E-state index in [2.05, 4.69) is 25.4 Å². The van der Waals surface area contributed by atoms with Gasteiger partial charge in [0.2, 0.25) is 0 Å². The highest BCUT2D eigenvalue weighted by molar-refractivity contribution is 7.99. The highest BCUT2D eigenvalue weighted by atomic mass is 32.2. The van der Waals surface area contributed by atoms with Crippen LogP contribution in [0.25, 0.3) is 0 Å². The van der Waals surface area contributed by atoms with Gasteiger partial charge in [-0.05, 0) is 42.8 Å². The third-order valence-electron chi connectivity index (χ3n) is 4.76. The first kappa shape index (κ1) is 19.4. The van der Waals surface area contributed by atoms with Gasteiger partial charge >= 0.3 is 0 Å². The van der Waals surface area contributed by atoms with Crippen molar-refractivity contribution in [3.8, 4) is 0 Å². The molecule has 1 aromatic carbocycles. The van der Waals surface area contributed by atoms with Crippen molar-refractivity contribution in [1.29, 1.82) is 0 Å². The summed E-state index contributed by atoms with van der Waals surface area (Å²) in [6.45, 7) is 5.89. The fourth-order valence-corrected chi connectivity index (χ4v) is 3.74. The molecule has 0 amide bonds. The van der Waals surface area contributed by atoms with Crippen molar-refractivity contribution in [3.05, 3.63) is 47.7 Å². The second kappa shape index (κ2) is 8.65. The quantitative estimate of drug-likeness (QED) is 0.542. The van der Waals surface area contributed by atoms with Crippen LogP contribution in [-0.4, -0.2) is 39.0 Å². The molecule has 3 aromatic rings. The first-order chi connectivity index (χ1) is 14.1. The Hall–Kier alpha value is -2.87. The number of carbonyl (C=O) groups excluding carboxylic acids is 1. The van der Waals surface area contributed by atoms with E-state index in [-0.39, 0.29) is 5.78 Å². The summed E-state index contributed by atoms with van der Waals surface area (Å²) in [6.07, 6.45) is 2.24. The molecule has 1 aliphatic heterocycles. The summed E-state index contributed by atoms with van der Waals surface area (Å²) in [5.41, 5.74) is 2.02. The fraction of sp³-hybridized carbons (Fsp3) is 0.333. The molecule has 2 N–H and O–H groups in total. The molecule has 0 aliphatic carbocycles. The zero-order valence-electron chi connectivity index (χ0n) is 16.6. The molecule has 8 heteroatoms. The molecule has 0 unspecified atom stereocenters. The number of hydrogen-bond acceptors (Lipinski definition) is 7. The van der Waals surface area contributed by atoms with E-state index in [1.165, 1.54) is 18.2 Å². The molecular formula is C21H24N6OS. The maximum Gasteiger partial charge on any atom is 0.196 e. The van der Waals surface area contributed by atoms with E-state index in [9.17, 15) is 4.79 Å². The minimum Gasteiger partial charge on any atom is -0.356 e. The van der Waals surface area contributed by atoms with Crippen molar-refractivity contribution in [2.75, 3.05) is 23.3 Å². The molecule has 0 saturated carbocycles. The molecule has 0 spiro atoms. The Morgan fingerprint density at radius 2 is 1.97 bits per heavy atom. The zero-order valence-corrected chi connectivity index (χ0v) is 17.4. The van der Waals surface area contributed by atoms with Crippen molar-refractivity contribution >= 4 is 35.0 Å². The second-order valence-electron chi connectivity index (χ2n) is 7.11. The lowest BCUT2D eigenvalue weighted by atomic mass is 10.1. The first-order valence-corrected chi connectivity index (χ1v) is 10.6. The minimum atomic E-state index is 0.250. The Labute approximate surface area is 174 Å². The molecule has 7 nitrogen and oxygen atoms in total. The number of aryl methyl sites for hydroxylation is 1. The van der Waals surface area contributed by atoms with Crippen molar-refractivity contribution < 1.29 is 4.79 Å². The van der Waals surface area contributed by atoms with Gasteiger partial charge in [0.05, 0.1) is 0 Å². The van der Waals surface area contributed by atoms with Gasteiger partial charge < -0.3 is 10.2 Å². The van der Waals surface area contributed by atoms with Gasteiger partial charge in [0, 0.05) is 48.7 Å². The maximum atomic E-state index is 11.6. The summed E-state index contributed by atoms with van der Waals surface area (Å²) in [6, 6.07) is 11.9. The molecule has 29 heavy (non-hydrogen) atoms. The normalized spacial score (nSPS) is 13.2. The number of aromatic amines is 1. The van der Waals surface area contributed by atoms with Gasteiger partial charge in [0.1, 0.15) is 17.4 Å². The number of hydrogen-bond donors (Lipinski definition) is 2. The number of anilines is 3. The Kier molecular flexibility index (Phi) is 5.80. The smallest absolute Gasteiger partial charge is 0.196 e. The average Bonchev–Trinajstić information content (AvgIpc) is 3.06. The lowest BCUT2D eigenvalue weighted by Crippen LogP contribution is -2.37. The van der Waals surface area contributed by atoms with Crippen LogP contribution in [-0.2, 0) is 11.2 Å².